The number of thiazole rings is 1. The molecular formula is C22H25ClN2OS3. The molecule has 3 rings (SSSR count). The number of amides is 1. The highest BCUT2D eigenvalue weighted by Crippen LogP contribution is 2.22. The summed E-state index contributed by atoms with van der Waals surface area (Å²) in [6.07, 6.45) is 4.39. The summed E-state index contributed by atoms with van der Waals surface area (Å²) in [5, 5.41) is 0.743. The number of fused-ring (bicyclic) bond motifs is 1. The van der Waals surface area contributed by atoms with E-state index in [0.29, 0.717) is 6.42 Å². The van der Waals surface area contributed by atoms with E-state index >= 15 is 0 Å². The molecule has 1 amide bonds. The lowest BCUT2D eigenvalue weighted by molar-refractivity contribution is -0.118. The van der Waals surface area contributed by atoms with Gasteiger partial charge in [-0.3, -0.25) is 4.79 Å². The van der Waals surface area contributed by atoms with Gasteiger partial charge < -0.3 is 4.57 Å². The Hall–Kier alpha value is -1.21. The molecule has 154 valence electrons. The molecule has 0 aliphatic carbocycles. The molecule has 1 aromatic heterocycles. The van der Waals surface area contributed by atoms with E-state index in [1.54, 1.807) is 34.9 Å². The maximum atomic E-state index is 12.5. The Morgan fingerprint density at radius 3 is 2.69 bits per heavy atom. The highest BCUT2D eigenvalue weighted by molar-refractivity contribution is 7.99. The number of aryl methyl sites for hydroxylation is 2. The average Bonchev–Trinajstić information content (AvgIpc) is 3.06. The predicted molar refractivity (Wildman–Crippen MR) is 130 cm³/mol. The molecule has 0 saturated heterocycles. The highest BCUT2D eigenvalue weighted by atomic mass is 35.5. The molecule has 29 heavy (non-hydrogen) atoms. The quantitative estimate of drug-likeness (QED) is 0.276. The number of aromatic nitrogens is 1. The van der Waals surface area contributed by atoms with Crippen molar-refractivity contribution in [3.63, 3.8) is 0 Å². The molecule has 0 unspecified atom stereocenters. The van der Waals surface area contributed by atoms with Gasteiger partial charge in [0.25, 0.3) is 0 Å². The molecule has 7 heteroatoms. The van der Waals surface area contributed by atoms with E-state index in [4.69, 9.17) is 11.6 Å². The molecular weight excluding hydrogens is 440 g/mol. The summed E-state index contributed by atoms with van der Waals surface area (Å²) in [6, 6.07) is 14.4. The molecule has 0 aliphatic rings. The van der Waals surface area contributed by atoms with Crippen molar-refractivity contribution in [2.45, 2.75) is 37.6 Å². The Balaban J connectivity index is 1.68. The van der Waals surface area contributed by atoms with Gasteiger partial charge in [-0.2, -0.15) is 16.8 Å². The number of benzene rings is 2. The van der Waals surface area contributed by atoms with E-state index < -0.39 is 0 Å². The lowest BCUT2D eigenvalue weighted by Crippen LogP contribution is -2.18. The summed E-state index contributed by atoms with van der Waals surface area (Å²) < 4.78 is 3.39. The molecule has 0 fully saturated rings. The van der Waals surface area contributed by atoms with Gasteiger partial charge in [0.2, 0.25) is 5.91 Å². The number of carbonyl (C=O) groups is 1. The Morgan fingerprint density at radius 1 is 1.17 bits per heavy atom. The number of carbonyl (C=O) groups excluding carboxylic acids is 1. The molecule has 1 heterocycles. The van der Waals surface area contributed by atoms with Gasteiger partial charge >= 0.3 is 0 Å². The molecule has 0 bridgehead atoms. The molecule has 0 radical (unpaired) electrons. The zero-order valence-corrected chi connectivity index (χ0v) is 19.9. The Kier molecular flexibility index (Phi) is 8.72. The van der Waals surface area contributed by atoms with Crippen LogP contribution in [0.25, 0.3) is 10.2 Å². The topological polar surface area (TPSA) is 34.4 Å². The second-order valence-corrected chi connectivity index (χ2v) is 10.2. The smallest absolute Gasteiger partial charge is 0.248 e. The van der Waals surface area contributed by atoms with Crippen LogP contribution in [-0.4, -0.2) is 28.2 Å². The number of nitrogens with zero attached hydrogens (tertiary/aromatic N) is 2. The first kappa shape index (κ1) is 22.5. The monoisotopic (exact) mass is 464 g/mol. The molecule has 0 N–H and O–H groups in total. The van der Waals surface area contributed by atoms with Crippen molar-refractivity contribution in [1.82, 2.24) is 4.57 Å². The third-order valence-electron chi connectivity index (χ3n) is 4.51. The standard InChI is InChI=1S/C22H25ClN2OS3/c1-3-16-6-11-19-20(15-16)29-22(25(19)12-14-27-2)24-21(26)5-4-13-28-18-9-7-17(23)8-10-18/h6-11,15H,3-5,12-14H2,1-2H3. The van der Waals surface area contributed by atoms with Crippen LogP contribution in [0.5, 0.6) is 0 Å². The summed E-state index contributed by atoms with van der Waals surface area (Å²) in [7, 11) is 0. The van der Waals surface area contributed by atoms with Gasteiger partial charge in [0.05, 0.1) is 10.2 Å². The van der Waals surface area contributed by atoms with Crippen LogP contribution in [-0.2, 0) is 17.8 Å². The fraction of sp³-hybridized carbons (Fsp3) is 0.364. The zero-order chi connectivity index (χ0) is 20.6. The highest BCUT2D eigenvalue weighted by Gasteiger charge is 2.09. The van der Waals surface area contributed by atoms with Crippen molar-refractivity contribution in [2.75, 3.05) is 17.8 Å². The molecule has 3 nitrogen and oxygen atoms in total. The molecule has 0 atom stereocenters. The zero-order valence-electron chi connectivity index (χ0n) is 16.7. The van der Waals surface area contributed by atoms with Crippen LogP contribution in [0.3, 0.4) is 0 Å². The minimum absolute atomic E-state index is 0.0399. The second-order valence-electron chi connectivity index (χ2n) is 6.60. The van der Waals surface area contributed by atoms with Gasteiger partial charge in [-0.15, -0.1) is 11.8 Å². The number of hydrogen-bond acceptors (Lipinski definition) is 4. The normalized spacial score (nSPS) is 12.0. The van der Waals surface area contributed by atoms with E-state index in [1.165, 1.54) is 20.7 Å². The first-order chi connectivity index (χ1) is 14.1. The van der Waals surface area contributed by atoms with E-state index in [-0.39, 0.29) is 5.91 Å². The number of hydrogen-bond donors (Lipinski definition) is 0. The Morgan fingerprint density at radius 2 is 1.97 bits per heavy atom. The van der Waals surface area contributed by atoms with Crippen LogP contribution in [0.2, 0.25) is 5.02 Å². The summed E-state index contributed by atoms with van der Waals surface area (Å²) in [5.74, 6) is 1.85. The lowest BCUT2D eigenvalue weighted by Gasteiger charge is -2.04. The summed E-state index contributed by atoms with van der Waals surface area (Å²) in [4.78, 5) is 18.9. The molecule has 0 spiro atoms. The van der Waals surface area contributed by atoms with Gasteiger partial charge in [-0.1, -0.05) is 35.9 Å². The van der Waals surface area contributed by atoms with E-state index in [0.717, 1.165) is 40.7 Å². The van der Waals surface area contributed by atoms with Gasteiger partial charge in [0.1, 0.15) is 0 Å². The van der Waals surface area contributed by atoms with Crippen LogP contribution in [0.1, 0.15) is 25.3 Å². The van der Waals surface area contributed by atoms with Crippen LogP contribution in [0.15, 0.2) is 52.4 Å². The van der Waals surface area contributed by atoms with Crippen LogP contribution >= 0.6 is 46.5 Å². The first-order valence-corrected chi connectivity index (χ1v) is 13.2. The third-order valence-corrected chi connectivity index (χ3v) is 7.49. The van der Waals surface area contributed by atoms with Crippen molar-refractivity contribution in [1.29, 1.82) is 0 Å². The lowest BCUT2D eigenvalue weighted by atomic mass is 10.2. The van der Waals surface area contributed by atoms with Gasteiger partial charge in [0.15, 0.2) is 4.80 Å². The van der Waals surface area contributed by atoms with Gasteiger partial charge in [0, 0.05) is 28.6 Å². The largest absolute Gasteiger partial charge is 0.316 e. The van der Waals surface area contributed by atoms with Crippen LogP contribution < -0.4 is 4.80 Å². The van der Waals surface area contributed by atoms with Gasteiger partial charge in [-0.05, 0) is 66.8 Å². The molecule has 2 aromatic carbocycles. The van der Waals surface area contributed by atoms with Crippen molar-refractivity contribution < 1.29 is 4.79 Å². The summed E-state index contributed by atoms with van der Waals surface area (Å²) in [6.45, 7) is 3.03. The first-order valence-electron chi connectivity index (χ1n) is 9.68. The van der Waals surface area contributed by atoms with E-state index in [2.05, 4.69) is 40.9 Å². The number of thioether (sulfide) groups is 2. The maximum absolute atomic E-state index is 12.5. The molecule has 0 aliphatic heterocycles. The fourth-order valence-corrected chi connectivity index (χ4v) is 5.41. The molecule has 3 aromatic rings. The maximum Gasteiger partial charge on any atom is 0.248 e. The average molecular weight is 465 g/mol. The SMILES string of the molecule is CCc1ccc2c(c1)sc(=NC(=O)CCCSc1ccc(Cl)cc1)n2CCSC. The number of halogens is 1. The summed E-state index contributed by atoms with van der Waals surface area (Å²) in [5.41, 5.74) is 2.49. The number of rotatable bonds is 9. The van der Waals surface area contributed by atoms with E-state index in [1.807, 2.05) is 24.3 Å². The molecule has 0 saturated carbocycles. The third kappa shape index (κ3) is 6.38. The second kappa shape index (κ2) is 11.3. The van der Waals surface area contributed by atoms with Crippen LogP contribution in [0.4, 0.5) is 0 Å². The van der Waals surface area contributed by atoms with Crippen molar-refractivity contribution in [2.24, 2.45) is 4.99 Å². The van der Waals surface area contributed by atoms with E-state index in [9.17, 15) is 4.79 Å². The predicted octanol–water partition coefficient (Wildman–Crippen LogP) is 6.28. The summed E-state index contributed by atoms with van der Waals surface area (Å²) >= 11 is 11.1. The Bertz CT molecular complexity index is 1020. The fourth-order valence-electron chi connectivity index (χ4n) is 2.93. The minimum Gasteiger partial charge on any atom is -0.316 e. The van der Waals surface area contributed by atoms with Crippen molar-refractivity contribution in [3.05, 3.63) is 57.9 Å². The Labute approximate surface area is 189 Å². The van der Waals surface area contributed by atoms with Crippen LogP contribution in [0, 0.1) is 0 Å². The van der Waals surface area contributed by atoms with Crippen molar-refractivity contribution in [3.8, 4) is 0 Å². The minimum atomic E-state index is -0.0399. The van der Waals surface area contributed by atoms with Crippen molar-refractivity contribution >= 4 is 62.6 Å². The van der Waals surface area contributed by atoms with Gasteiger partial charge in [-0.25, -0.2) is 0 Å².